The van der Waals surface area contributed by atoms with E-state index in [2.05, 4.69) is 20.9 Å². The number of hydrogen-bond acceptors (Lipinski definition) is 4. The molecule has 0 aliphatic carbocycles. The van der Waals surface area contributed by atoms with Gasteiger partial charge in [-0.2, -0.15) is 8.78 Å². The Morgan fingerprint density at radius 2 is 1.88 bits per heavy atom. The maximum Gasteiger partial charge on any atom is 0.399 e. The molecule has 25 heavy (non-hydrogen) atoms. The van der Waals surface area contributed by atoms with Gasteiger partial charge in [0.2, 0.25) is 5.88 Å². The zero-order valence-electron chi connectivity index (χ0n) is 13.4. The number of fused-ring (bicyclic) bond motifs is 1. The molecule has 1 aromatic carbocycles. The predicted octanol–water partition coefficient (Wildman–Crippen LogP) is 3.76. The number of alkyl halides is 2. The van der Waals surface area contributed by atoms with Gasteiger partial charge < -0.3 is 19.6 Å². The molecule has 0 fully saturated rings. The van der Waals surface area contributed by atoms with Crippen LogP contribution in [0.15, 0.2) is 28.9 Å². The van der Waals surface area contributed by atoms with Crippen LogP contribution in [0.5, 0.6) is 5.88 Å². The van der Waals surface area contributed by atoms with Crippen LogP contribution in [0.25, 0.3) is 10.8 Å². The monoisotopic (exact) mass is 439 g/mol. The average molecular weight is 440 g/mol. The van der Waals surface area contributed by atoms with Crippen LogP contribution in [0, 0.1) is 0 Å². The molecular formula is C15H17BrF2NO5P. The fourth-order valence-electron chi connectivity index (χ4n) is 2.02. The van der Waals surface area contributed by atoms with Crippen molar-refractivity contribution in [3.8, 4) is 5.88 Å². The number of rotatable bonds is 6. The second-order valence-corrected chi connectivity index (χ2v) is 8.70. The van der Waals surface area contributed by atoms with E-state index in [9.17, 15) is 18.5 Å². The van der Waals surface area contributed by atoms with E-state index in [4.69, 9.17) is 14.5 Å². The third-order valence-corrected chi connectivity index (χ3v) is 5.06. The van der Waals surface area contributed by atoms with Crippen molar-refractivity contribution in [1.82, 2.24) is 4.98 Å². The van der Waals surface area contributed by atoms with E-state index in [1.807, 2.05) is 0 Å². The molecule has 0 spiro atoms. The van der Waals surface area contributed by atoms with Crippen LogP contribution in [0.1, 0.15) is 25.8 Å². The van der Waals surface area contributed by atoms with Crippen molar-refractivity contribution in [2.45, 2.75) is 31.5 Å². The Labute approximate surface area is 151 Å². The first-order valence-corrected chi connectivity index (χ1v) is 9.60. The highest BCUT2D eigenvalue weighted by Crippen LogP contribution is 2.60. The second-order valence-electron chi connectivity index (χ2n) is 6.20. The number of halogens is 3. The Morgan fingerprint density at radius 3 is 2.44 bits per heavy atom. The van der Waals surface area contributed by atoms with Crippen molar-refractivity contribution >= 4 is 34.3 Å². The highest BCUT2D eigenvalue weighted by atomic mass is 79.9. The largest absolute Gasteiger partial charge is 0.478 e. The van der Waals surface area contributed by atoms with Gasteiger partial charge in [-0.05, 0) is 31.4 Å². The molecule has 0 saturated carbocycles. The molecule has 1 aromatic heterocycles. The number of nitrogens with zero attached hydrogens (tertiary/aromatic N) is 1. The average Bonchev–Trinajstić information content (AvgIpc) is 2.44. The minimum atomic E-state index is -5.68. The summed E-state index contributed by atoms with van der Waals surface area (Å²) in [6, 6.07) is 3.69. The van der Waals surface area contributed by atoms with Gasteiger partial charge in [0.15, 0.2) is 0 Å². The first kappa shape index (κ1) is 20.2. The molecule has 3 N–H and O–H groups in total. The van der Waals surface area contributed by atoms with Crippen LogP contribution < -0.4 is 4.74 Å². The Morgan fingerprint density at radius 1 is 1.24 bits per heavy atom. The topological polar surface area (TPSA) is 99.9 Å². The van der Waals surface area contributed by atoms with E-state index in [-0.39, 0.29) is 17.0 Å². The summed E-state index contributed by atoms with van der Waals surface area (Å²) in [5.41, 5.74) is -6.06. The zero-order valence-corrected chi connectivity index (χ0v) is 15.9. The van der Waals surface area contributed by atoms with Crippen molar-refractivity contribution in [1.29, 1.82) is 0 Å². The van der Waals surface area contributed by atoms with Gasteiger partial charge in [0.25, 0.3) is 0 Å². The third kappa shape index (κ3) is 4.74. The fraction of sp³-hybridized carbons (Fsp3) is 0.400. The standard InChI is InChI=1S/C15H17BrF2NO5P/c1-14(2,20)3-4-24-13-7-9-5-11(15(17,18)25(21,22)23)12(16)6-10(9)8-19-13/h5-8,20H,3-4H2,1-2H3,(H2,21,22,23). The number of aromatic nitrogens is 1. The Balaban J connectivity index is 2.38. The van der Waals surface area contributed by atoms with E-state index in [0.717, 1.165) is 6.07 Å². The molecule has 6 nitrogen and oxygen atoms in total. The van der Waals surface area contributed by atoms with Gasteiger partial charge in [-0.3, -0.25) is 4.57 Å². The molecule has 0 unspecified atom stereocenters. The van der Waals surface area contributed by atoms with Crippen LogP contribution in [-0.4, -0.2) is 32.1 Å². The van der Waals surface area contributed by atoms with Crippen molar-refractivity contribution in [3.05, 3.63) is 34.4 Å². The summed E-state index contributed by atoms with van der Waals surface area (Å²) in [6.07, 6.45) is 1.74. The van der Waals surface area contributed by atoms with E-state index < -0.39 is 24.4 Å². The minimum Gasteiger partial charge on any atom is -0.478 e. The molecule has 0 bridgehead atoms. The minimum absolute atomic E-state index is 0.133. The van der Waals surface area contributed by atoms with Gasteiger partial charge in [0.05, 0.1) is 12.2 Å². The molecule has 0 atom stereocenters. The Kier molecular flexibility index (Phi) is 5.56. The number of hydrogen-bond donors (Lipinski definition) is 3. The molecule has 0 aliphatic heterocycles. The fourth-order valence-corrected chi connectivity index (χ4v) is 3.28. The van der Waals surface area contributed by atoms with E-state index in [1.54, 1.807) is 13.8 Å². The lowest BCUT2D eigenvalue weighted by molar-refractivity contribution is 0.0546. The number of pyridine rings is 1. The second kappa shape index (κ2) is 6.89. The Bertz CT molecular complexity index is 835. The van der Waals surface area contributed by atoms with E-state index >= 15 is 0 Å². The smallest absolute Gasteiger partial charge is 0.399 e. The van der Waals surface area contributed by atoms with Crippen LogP contribution in [0.4, 0.5) is 8.78 Å². The molecular weight excluding hydrogens is 423 g/mol. The summed E-state index contributed by atoms with van der Waals surface area (Å²) < 4.78 is 44.4. The predicted molar refractivity (Wildman–Crippen MR) is 91.8 cm³/mol. The molecule has 0 saturated heterocycles. The maximum atomic E-state index is 14.0. The highest BCUT2D eigenvalue weighted by Gasteiger charge is 2.51. The summed E-state index contributed by atoms with van der Waals surface area (Å²) >= 11 is 2.92. The van der Waals surface area contributed by atoms with Crippen molar-refractivity contribution in [3.63, 3.8) is 0 Å². The van der Waals surface area contributed by atoms with Gasteiger partial charge in [0.1, 0.15) is 0 Å². The van der Waals surface area contributed by atoms with Gasteiger partial charge in [0, 0.05) is 34.1 Å². The Hall–Kier alpha value is -1.12. The molecule has 0 radical (unpaired) electrons. The van der Waals surface area contributed by atoms with E-state index in [1.165, 1.54) is 18.3 Å². The van der Waals surface area contributed by atoms with Gasteiger partial charge in [-0.25, -0.2) is 4.98 Å². The lowest BCUT2D eigenvalue weighted by Crippen LogP contribution is -2.21. The summed E-state index contributed by atoms with van der Waals surface area (Å²) in [5, 5.41) is 10.4. The lowest BCUT2D eigenvalue weighted by Gasteiger charge is -2.20. The molecule has 138 valence electrons. The lowest BCUT2D eigenvalue weighted by atomic mass is 10.1. The number of ether oxygens (including phenoxy) is 1. The third-order valence-electron chi connectivity index (χ3n) is 3.44. The van der Waals surface area contributed by atoms with Gasteiger partial charge >= 0.3 is 13.3 Å². The van der Waals surface area contributed by atoms with Crippen LogP contribution in [0.3, 0.4) is 0 Å². The van der Waals surface area contributed by atoms with Crippen LogP contribution in [0.2, 0.25) is 0 Å². The molecule has 10 heteroatoms. The molecule has 0 amide bonds. The first-order chi connectivity index (χ1) is 11.3. The molecule has 1 heterocycles. The SMILES string of the molecule is CC(C)(O)CCOc1cc2cc(C(F)(F)P(=O)(O)O)c(Br)cc2cn1. The molecule has 2 rings (SSSR count). The van der Waals surface area contributed by atoms with Crippen molar-refractivity contribution < 1.29 is 33.0 Å². The quantitative estimate of drug-likeness (QED) is 0.592. The molecule has 0 aliphatic rings. The highest BCUT2D eigenvalue weighted by molar-refractivity contribution is 9.10. The summed E-state index contributed by atoms with van der Waals surface area (Å²) in [6.45, 7) is 3.42. The first-order valence-electron chi connectivity index (χ1n) is 7.20. The zero-order chi connectivity index (χ0) is 19.0. The van der Waals surface area contributed by atoms with Gasteiger partial charge in [-0.1, -0.05) is 15.9 Å². The summed E-state index contributed by atoms with van der Waals surface area (Å²) in [5.74, 6) is 0.157. The summed E-state index contributed by atoms with van der Waals surface area (Å²) in [7, 11) is -5.68. The van der Waals surface area contributed by atoms with Crippen LogP contribution >= 0.6 is 23.5 Å². The van der Waals surface area contributed by atoms with E-state index in [0.29, 0.717) is 17.2 Å². The molecule has 2 aromatic rings. The summed E-state index contributed by atoms with van der Waals surface area (Å²) in [4.78, 5) is 21.9. The van der Waals surface area contributed by atoms with Gasteiger partial charge in [-0.15, -0.1) is 0 Å². The number of benzene rings is 1. The van der Waals surface area contributed by atoms with Crippen molar-refractivity contribution in [2.75, 3.05) is 6.61 Å². The normalized spacial score (nSPS) is 13.3. The van der Waals surface area contributed by atoms with Crippen LogP contribution in [-0.2, 0) is 10.2 Å². The number of aliphatic hydroxyl groups is 1. The van der Waals surface area contributed by atoms with Crippen molar-refractivity contribution in [2.24, 2.45) is 0 Å². The maximum absolute atomic E-state index is 14.0.